The number of nitrogens with one attached hydrogen (secondary N) is 2. The number of rotatable bonds is 6. The number of aryl methyl sites for hydroxylation is 1. The molecular formula is C21H21N3O5S. The van der Waals surface area contributed by atoms with Gasteiger partial charge in [0.05, 0.1) is 12.5 Å². The summed E-state index contributed by atoms with van der Waals surface area (Å²) in [4.78, 5) is 49.1. The molecule has 0 spiro atoms. The molecule has 2 aromatic rings. The van der Waals surface area contributed by atoms with E-state index < -0.39 is 35.8 Å². The highest BCUT2D eigenvalue weighted by Crippen LogP contribution is 2.29. The largest absolute Gasteiger partial charge is 0.481 e. The quantitative estimate of drug-likeness (QED) is 0.613. The number of hydrogen-bond donors (Lipinski definition) is 3. The van der Waals surface area contributed by atoms with Gasteiger partial charge in [0, 0.05) is 19.3 Å². The summed E-state index contributed by atoms with van der Waals surface area (Å²) in [6, 6.07) is 4.29. The molecule has 0 bridgehead atoms. The molecule has 2 atom stereocenters. The summed E-state index contributed by atoms with van der Waals surface area (Å²) in [6.45, 7) is 1.99. The van der Waals surface area contributed by atoms with E-state index >= 15 is 0 Å². The number of carboxylic acid groups (broad SMARTS) is 1. The van der Waals surface area contributed by atoms with Gasteiger partial charge in [-0.05, 0) is 46.0 Å². The predicted molar refractivity (Wildman–Crippen MR) is 112 cm³/mol. The van der Waals surface area contributed by atoms with E-state index in [1.54, 1.807) is 23.5 Å². The zero-order chi connectivity index (χ0) is 21.8. The van der Waals surface area contributed by atoms with Crippen LogP contribution in [-0.2, 0) is 14.4 Å². The molecule has 0 radical (unpaired) electrons. The van der Waals surface area contributed by atoms with Crippen LogP contribution in [0.2, 0.25) is 0 Å². The Labute approximate surface area is 177 Å². The first-order chi connectivity index (χ1) is 14.3. The topological polar surface area (TPSA) is 116 Å². The molecule has 1 aromatic heterocycles. The minimum absolute atomic E-state index is 0.355. The van der Waals surface area contributed by atoms with Gasteiger partial charge in [-0.25, -0.2) is 4.79 Å². The fourth-order valence-electron chi connectivity index (χ4n) is 3.15. The lowest BCUT2D eigenvalue weighted by atomic mass is 9.97. The molecule has 30 heavy (non-hydrogen) atoms. The second kappa shape index (κ2) is 8.91. The van der Waals surface area contributed by atoms with E-state index in [1.807, 2.05) is 29.8 Å². The summed E-state index contributed by atoms with van der Waals surface area (Å²) >= 11 is 1.57. The number of hydrogen-bond acceptors (Lipinski definition) is 5. The SMILES string of the molecule is Cc1cscc1-c1cccc(C(CC(=O)O)NC(=O)NC2C(=O)C=CN(C)C2=O)c1. The summed E-state index contributed by atoms with van der Waals surface area (Å²) < 4.78 is 0. The maximum absolute atomic E-state index is 12.5. The Hall–Kier alpha value is -3.46. The average molecular weight is 427 g/mol. The van der Waals surface area contributed by atoms with Crippen LogP contribution in [0.4, 0.5) is 4.79 Å². The third-order valence-corrected chi connectivity index (χ3v) is 5.62. The molecule has 3 amide bonds. The predicted octanol–water partition coefficient (Wildman–Crippen LogP) is 2.46. The summed E-state index contributed by atoms with van der Waals surface area (Å²) in [7, 11) is 1.48. The zero-order valence-corrected chi connectivity index (χ0v) is 17.2. The minimum atomic E-state index is -1.34. The van der Waals surface area contributed by atoms with Crippen LogP contribution in [0.1, 0.15) is 23.6 Å². The number of nitrogens with zero attached hydrogens (tertiary/aromatic N) is 1. The van der Waals surface area contributed by atoms with Crippen molar-refractivity contribution in [3.05, 3.63) is 58.4 Å². The van der Waals surface area contributed by atoms with E-state index in [-0.39, 0.29) is 6.42 Å². The van der Waals surface area contributed by atoms with Crippen LogP contribution in [0.5, 0.6) is 0 Å². The fourth-order valence-corrected chi connectivity index (χ4v) is 4.01. The van der Waals surface area contributed by atoms with Crippen molar-refractivity contribution in [1.82, 2.24) is 15.5 Å². The third kappa shape index (κ3) is 4.74. The summed E-state index contributed by atoms with van der Waals surface area (Å²) in [5.74, 6) is -2.20. The number of benzene rings is 1. The molecule has 0 saturated carbocycles. The zero-order valence-electron chi connectivity index (χ0n) is 16.4. The van der Waals surface area contributed by atoms with E-state index in [0.717, 1.165) is 16.7 Å². The van der Waals surface area contributed by atoms with Gasteiger partial charge in [0.25, 0.3) is 5.91 Å². The van der Waals surface area contributed by atoms with Gasteiger partial charge in [0.15, 0.2) is 11.8 Å². The first-order valence-electron chi connectivity index (χ1n) is 9.17. The van der Waals surface area contributed by atoms with Gasteiger partial charge in [0.1, 0.15) is 0 Å². The summed E-state index contributed by atoms with van der Waals surface area (Å²) in [5, 5.41) is 18.2. The molecule has 0 saturated heterocycles. The molecule has 9 heteroatoms. The number of amides is 3. The van der Waals surface area contributed by atoms with Crippen molar-refractivity contribution in [2.75, 3.05) is 7.05 Å². The first-order valence-corrected chi connectivity index (χ1v) is 10.1. The Morgan fingerprint density at radius 2 is 2.03 bits per heavy atom. The first kappa shape index (κ1) is 21.3. The fraction of sp³-hybridized carbons (Fsp3) is 0.238. The molecule has 3 rings (SSSR count). The number of carbonyl (C=O) groups is 4. The number of likely N-dealkylation sites (N-methyl/N-ethyl adjacent to an activating group) is 1. The highest BCUT2D eigenvalue weighted by Gasteiger charge is 2.32. The van der Waals surface area contributed by atoms with Crippen LogP contribution < -0.4 is 10.6 Å². The van der Waals surface area contributed by atoms with Crippen molar-refractivity contribution >= 4 is 35.0 Å². The van der Waals surface area contributed by atoms with Crippen LogP contribution >= 0.6 is 11.3 Å². The van der Waals surface area contributed by atoms with E-state index in [1.165, 1.54) is 24.2 Å². The normalized spacial score (nSPS) is 17.0. The average Bonchev–Trinajstić information content (AvgIpc) is 3.13. The Kier molecular flexibility index (Phi) is 6.31. The number of carbonyl (C=O) groups excluding carboxylic acids is 3. The molecule has 1 aromatic carbocycles. The van der Waals surface area contributed by atoms with Crippen LogP contribution in [0, 0.1) is 6.92 Å². The van der Waals surface area contributed by atoms with Crippen LogP contribution in [0.15, 0.2) is 47.3 Å². The molecule has 0 aliphatic carbocycles. The maximum Gasteiger partial charge on any atom is 0.316 e. The smallest absolute Gasteiger partial charge is 0.316 e. The number of carboxylic acids is 1. The van der Waals surface area contributed by atoms with Gasteiger partial charge >= 0.3 is 12.0 Å². The van der Waals surface area contributed by atoms with Crippen molar-refractivity contribution in [3.63, 3.8) is 0 Å². The number of urea groups is 1. The van der Waals surface area contributed by atoms with E-state index in [0.29, 0.717) is 5.56 Å². The van der Waals surface area contributed by atoms with Gasteiger partial charge < -0.3 is 20.6 Å². The molecule has 8 nitrogen and oxygen atoms in total. The highest BCUT2D eigenvalue weighted by molar-refractivity contribution is 7.08. The Morgan fingerprint density at radius 1 is 1.27 bits per heavy atom. The van der Waals surface area contributed by atoms with E-state index in [4.69, 9.17) is 0 Å². The monoisotopic (exact) mass is 427 g/mol. The third-order valence-electron chi connectivity index (χ3n) is 4.76. The van der Waals surface area contributed by atoms with Gasteiger partial charge in [-0.1, -0.05) is 18.2 Å². The Balaban J connectivity index is 1.80. The standard InChI is InChI=1S/C21H21N3O5S/c1-12-10-30-11-15(12)13-4-3-5-14(8-13)16(9-18(26)27)22-21(29)23-19-17(25)6-7-24(2)20(19)28/h3-8,10-11,16,19H,9H2,1-2H3,(H,26,27)(H2,22,23,29). The summed E-state index contributed by atoms with van der Waals surface area (Å²) in [6.07, 6.45) is 2.17. The Morgan fingerprint density at radius 3 is 2.70 bits per heavy atom. The van der Waals surface area contributed by atoms with E-state index in [9.17, 15) is 24.3 Å². The minimum Gasteiger partial charge on any atom is -0.481 e. The molecular weight excluding hydrogens is 406 g/mol. The molecule has 1 aliphatic rings. The number of aliphatic carboxylic acids is 1. The molecule has 2 unspecified atom stereocenters. The molecule has 3 N–H and O–H groups in total. The van der Waals surface area contributed by atoms with Crippen molar-refractivity contribution < 1.29 is 24.3 Å². The van der Waals surface area contributed by atoms with Crippen molar-refractivity contribution in [2.24, 2.45) is 0 Å². The van der Waals surface area contributed by atoms with Crippen molar-refractivity contribution in [2.45, 2.75) is 25.4 Å². The van der Waals surface area contributed by atoms with Gasteiger partial charge in [-0.2, -0.15) is 11.3 Å². The molecule has 156 valence electrons. The number of thiophene rings is 1. The Bertz CT molecular complexity index is 1030. The van der Waals surface area contributed by atoms with E-state index in [2.05, 4.69) is 10.6 Å². The van der Waals surface area contributed by atoms with Crippen LogP contribution in [0.3, 0.4) is 0 Å². The second-order valence-electron chi connectivity index (χ2n) is 6.96. The highest BCUT2D eigenvalue weighted by atomic mass is 32.1. The van der Waals surface area contributed by atoms with Crippen molar-refractivity contribution in [3.8, 4) is 11.1 Å². The lowest BCUT2D eigenvalue weighted by molar-refractivity contribution is -0.138. The molecule has 2 heterocycles. The molecule has 0 fully saturated rings. The summed E-state index contributed by atoms with van der Waals surface area (Å²) in [5.41, 5.74) is 3.65. The van der Waals surface area contributed by atoms with Gasteiger partial charge in [0.2, 0.25) is 0 Å². The lowest BCUT2D eigenvalue weighted by Crippen LogP contribution is -2.55. The second-order valence-corrected chi connectivity index (χ2v) is 7.71. The van der Waals surface area contributed by atoms with Crippen molar-refractivity contribution in [1.29, 1.82) is 0 Å². The number of ketones is 1. The van der Waals surface area contributed by atoms with Gasteiger partial charge in [-0.3, -0.25) is 14.4 Å². The van der Waals surface area contributed by atoms with Crippen LogP contribution in [0.25, 0.3) is 11.1 Å². The molecule has 1 aliphatic heterocycles. The van der Waals surface area contributed by atoms with Gasteiger partial charge in [-0.15, -0.1) is 0 Å². The maximum atomic E-state index is 12.5. The lowest BCUT2D eigenvalue weighted by Gasteiger charge is -2.25. The van der Waals surface area contributed by atoms with Crippen LogP contribution in [-0.4, -0.2) is 46.8 Å².